The second kappa shape index (κ2) is 15.6. The van der Waals surface area contributed by atoms with E-state index in [1.54, 1.807) is 6.07 Å². The second-order valence-corrected chi connectivity index (χ2v) is 11.2. The normalized spacial score (nSPS) is 14.4. The number of hydrogen-bond acceptors (Lipinski definition) is 9. The Morgan fingerprint density at radius 1 is 1.05 bits per heavy atom. The van der Waals surface area contributed by atoms with Crippen LogP contribution in [0.15, 0.2) is 47.0 Å². The molecule has 0 radical (unpaired) electrons. The molecule has 0 amide bonds. The SMILES string of the molecule is CCN(c1cc(-c2ccc(OCCCCOc3cc(C(C(=O)OC)C(C)C)on3)cc2)cc(C=O)c1C)C1CCOCC1. The minimum absolute atomic E-state index is 0.0104. The molecular weight excluding hydrogens is 548 g/mol. The van der Waals surface area contributed by atoms with Crippen LogP contribution in [-0.2, 0) is 14.3 Å². The van der Waals surface area contributed by atoms with Crippen LogP contribution in [0.1, 0.15) is 74.1 Å². The summed E-state index contributed by atoms with van der Waals surface area (Å²) in [5, 5.41) is 3.93. The number of rotatable bonds is 15. The number of hydrogen-bond donors (Lipinski definition) is 0. The lowest BCUT2D eigenvalue weighted by Gasteiger charge is -2.36. The standard InChI is InChI=1S/C34H44N2O7/c1-6-36(28-13-17-40-18-14-28)30-20-26(19-27(22-37)24(30)4)25-9-11-29(12-10-25)41-15-7-8-16-42-32-21-31(43-35-32)33(23(2)3)34(38)39-5/h9-12,19-23,28,33H,6-8,13-18H2,1-5H3. The van der Waals surface area contributed by atoms with Gasteiger partial charge in [-0.2, -0.15) is 0 Å². The van der Waals surface area contributed by atoms with Crippen LogP contribution >= 0.6 is 0 Å². The molecule has 1 saturated heterocycles. The molecule has 0 bridgehead atoms. The molecule has 1 aromatic heterocycles. The molecule has 2 aromatic carbocycles. The summed E-state index contributed by atoms with van der Waals surface area (Å²) >= 11 is 0. The molecule has 0 N–H and O–H groups in total. The lowest BCUT2D eigenvalue weighted by Crippen LogP contribution is -2.40. The number of carbonyl (C=O) groups is 2. The summed E-state index contributed by atoms with van der Waals surface area (Å²) in [4.78, 5) is 26.5. The lowest BCUT2D eigenvalue weighted by atomic mass is 9.93. The predicted molar refractivity (Wildman–Crippen MR) is 165 cm³/mol. The fourth-order valence-electron chi connectivity index (χ4n) is 5.58. The van der Waals surface area contributed by atoms with Crippen molar-refractivity contribution in [1.82, 2.24) is 5.16 Å². The first kappa shape index (κ1) is 32.1. The summed E-state index contributed by atoms with van der Waals surface area (Å²) in [6, 6.07) is 14.2. The zero-order valence-electron chi connectivity index (χ0n) is 26.0. The van der Waals surface area contributed by atoms with E-state index in [2.05, 4.69) is 23.0 Å². The Morgan fingerprint density at radius 2 is 1.74 bits per heavy atom. The van der Waals surface area contributed by atoms with Crippen LogP contribution in [0.5, 0.6) is 11.6 Å². The van der Waals surface area contributed by atoms with Gasteiger partial charge in [0, 0.05) is 43.1 Å². The molecule has 1 aliphatic heterocycles. The summed E-state index contributed by atoms with van der Waals surface area (Å²) < 4.78 is 27.5. The van der Waals surface area contributed by atoms with Gasteiger partial charge in [0.15, 0.2) is 5.76 Å². The molecular formula is C34H44N2O7. The minimum Gasteiger partial charge on any atom is -0.494 e. The monoisotopic (exact) mass is 592 g/mol. The topological polar surface area (TPSA) is 100 Å². The maximum Gasteiger partial charge on any atom is 0.316 e. The van der Waals surface area contributed by atoms with E-state index in [0.29, 0.717) is 36.5 Å². The van der Waals surface area contributed by atoms with Crippen LogP contribution in [0.25, 0.3) is 11.1 Å². The number of unbranched alkanes of at least 4 members (excludes halogenated alkanes) is 1. The van der Waals surface area contributed by atoms with Gasteiger partial charge in [0.25, 0.3) is 5.88 Å². The van der Waals surface area contributed by atoms with E-state index >= 15 is 0 Å². The maximum atomic E-state index is 12.1. The van der Waals surface area contributed by atoms with Gasteiger partial charge in [-0.25, -0.2) is 0 Å². The third-order valence-corrected chi connectivity index (χ3v) is 8.01. The number of aldehydes is 1. The quantitative estimate of drug-likeness (QED) is 0.109. The first-order valence-corrected chi connectivity index (χ1v) is 15.2. The molecule has 1 atom stereocenters. The number of aromatic nitrogens is 1. The smallest absolute Gasteiger partial charge is 0.316 e. The van der Waals surface area contributed by atoms with E-state index in [-0.39, 0.29) is 11.9 Å². The summed E-state index contributed by atoms with van der Waals surface area (Å²) in [7, 11) is 1.36. The van der Waals surface area contributed by atoms with E-state index < -0.39 is 5.92 Å². The van der Waals surface area contributed by atoms with E-state index in [1.165, 1.54) is 7.11 Å². The predicted octanol–water partition coefficient (Wildman–Crippen LogP) is 6.62. The highest BCUT2D eigenvalue weighted by atomic mass is 16.5. The van der Waals surface area contributed by atoms with Crippen molar-refractivity contribution in [2.45, 2.75) is 65.3 Å². The van der Waals surface area contributed by atoms with Crippen LogP contribution in [0.3, 0.4) is 0 Å². The van der Waals surface area contributed by atoms with Crippen molar-refractivity contribution in [3.8, 4) is 22.8 Å². The molecule has 1 aliphatic rings. The van der Waals surface area contributed by atoms with Crippen molar-refractivity contribution in [2.75, 3.05) is 45.0 Å². The average Bonchev–Trinajstić information content (AvgIpc) is 3.48. The molecule has 3 aromatic rings. The van der Waals surface area contributed by atoms with Crippen molar-refractivity contribution < 1.29 is 33.1 Å². The minimum atomic E-state index is -0.516. The number of esters is 1. The van der Waals surface area contributed by atoms with E-state index in [1.807, 2.05) is 51.1 Å². The zero-order valence-corrected chi connectivity index (χ0v) is 26.0. The first-order valence-electron chi connectivity index (χ1n) is 15.2. The Kier molecular flexibility index (Phi) is 11.6. The van der Waals surface area contributed by atoms with Crippen molar-refractivity contribution >= 4 is 17.9 Å². The summed E-state index contributed by atoms with van der Waals surface area (Å²) in [6.07, 6.45) is 4.50. The van der Waals surface area contributed by atoms with E-state index in [9.17, 15) is 9.59 Å². The van der Waals surface area contributed by atoms with Gasteiger partial charge in [0.1, 0.15) is 18.0 Å². The zero-order chi connectivity index (χ0) is 30.8. The summed E-state index contributed by atoms with van der Waals surface area (Å²) in [5.74, 6) is 0.719. The molecule has 0 spiro atoms. The molecule has 0 saturated carbocycles. The number of benzene rings is 2. The van der Waals surface area contributed by atoms with Gasteiger partial charge in [-0.05, 0) is 91.6 Å². The van der Waals surface area contributed by atoms with Crippen molar-refractivity contribution in [1.29, 1.82) is 0 Å². The van der Waals surface area contributed by atoms with Crippen molar-refractivity contribution in [3.63, 3.8) is 0 Å². The molecule has 232 valence electrons. The van der Waals surface area contributed by atoms with Crippen molar-refractivity contribution in [3.05, 3.63) is 59.4 Å². The van der Waals surface area contributed by atoms with Crippen LogP contribution in [0.2, 0.25) is 0 Å². The molecule has 9 heteroatoms. The van der Waals surface area contributed by atoms with Gasteiger partial charge in [-0.1, -0.05) is 26.0 Å². The molecule has 43 heavy (non-hydrogen) atoms. The molecule has 9 nitrogen and oxygen atoms in total. The number of methoxy groups -OCH3 is 1. The maximum absolute atomic E-state index is 12.1. The molecule has 2 heterocycles. The van der Waals surface area contributed by atoms with E-state index in [0.717, 1.165) is 79.9 Å². The Balaban J connectivity index is 1.29. The first-order chi connectivity index (χ1) is 20.9. The van der Waals surface area contributed by atoms with Gasteiger partial charge in [-0.15, -0.1) is 0 Å². The Bertz CT molecular complexity index is 1330. The molecule has 1 unspecified atom stereocenters. The Hall–Kier alpha value is -3.85. The van der Waals surface area contributed by atoms with Gasteiger partial charge < -0.3 is 28.4 Å². The lowest BCUT2D eigenvalue weighted by molar-refractivity contribution is -0.144. The van der Waals surface area contributed by atoms with Crippen LogP contribution in [0, 0.1) is 12.8 Å². The highest BCUT2D eigenvalue weighted by Gasteiger charge is 2.29. The number of nitrogens with zero attached hydrogens (tertiary/aromatic N) is 2. The van der Waals surface area contributed by atoms with Gasteiger partial charge in [0.2, 0.25) is 0 Å². The van der Waals surface area contributed by atoms with Crippen LogP contribution < -0.4 is 14.4 Å². The van der Waals surface area contributed by atoms with E-state index in [4.69, 9.17) is 23.5 Å². The molecule has 0 aliphatic carbocycles. The number of carbonyl (C=O) groups excluding carboxylic acids is 2. The summed E-state index contributed by atoms with van der Waals surface area (Å²) in [5.41, 5.74) is 4.89. The van der Waals surface area contributed by atoms with Crippen LogP contribution in [-0.4, -0.2) is 63.5 Å². The van der Waals surface area contributed by atoms with Crippen LogP contribution in [0.4, 0.5) is 5.69 Å². The summed E-state index contributed by atoms with van der Waals surface area (Å²) in [6.45, 7) is 11.5. The van der Waals surface area contributed by atoms with Crippen molar-refractivity contribution in [2.24, 2.45) is 5.92 Å². The largest absolute Gasteiger partial charge is 0.494 e. The third-order valence-electron chi connectivity index (χ3n) is 8.01. The number of ether oxygens (including phenoxy) is 4. The highest BCUT2D eigenvalue weighted by Crippen LogP contribution is 2.34. The fraction of sp³-hybridized carbons (Fsp3) is 0.500. The highest BCUT2D eigenvalue weighted by molar-refractivity contribution is 5.86. The average molecular weight is 593 g/mol. The van der Waals surface area contributed by atoms with Gasteiger partial charge in [-0.3, -0.25) is 9.59 Å². The molecule has 1 fully saturated rings. The molecule has 4 rings (SSSR count). The van der Waals surface area contributed by atoms with Gasteiger partial charge in [0.05, 0.1) is 20.3 Å². The fourth-order valence-corrected chi connectivity index (χ4v) is 5.58. The van der Waals surface area contributed by atoms with Gasteiger partial charge >= 0.3 is 5.97 Å². The number of anilines is 1. The second-order valence-electron chi connectivity index (χ2n) is 11.2. The Morgan fingerprint density at radius 3 is 2.37 bits per heavy atom. The Labute approximate surface area is 254 Å². The third kappa shape index (κ3) is 8.16.